The molecule has 1 unspecified atom stereocenters. The van der Waals surface area contributed by atoms with Crippen LogP contribution < -0.4 is 4.72 Å². The van der Waals surface area contributed by atoms with E-state index in [1.807, 2.05) is 13.8 Å². The summed E-state index contributed by atoms with van der Waals surface area (Å²) >= 11 is 0. The molecule has 0 saturated carbocycles. The van der Waals surface area contributed by atoms with E-state index in [9.17, 15) is 22.5 Å². The molecule has 1 aromatic carbocycles. The van der Waals surface area contributed by atoms with E-state index in [0.717, 1.165) is 23.1 Å². The van der Waals surface area contributed by atoms with Crippen LogP contribution in [0.15, 0.2) is 53.3 Å². The number of rotatable bonds is 6. The van der Waals surface area contributed by atoms with Crippen LogP contribution in [0, 0.1) is 11.3 Å². The molecular weight excluding hydrogens is 412 g/mol. The molecule has 2 aliphatic rings. The molecule has 0 fully saturated rings. The quantitative estimate of drug-likeness (QED) is 0.723. The zero-order valence-electron chi connectivity index (χ0n) is 16.9. The molecule has 0 saturated heterocycles. The summed E-state index contributed by atoms with van der Waals surface area (Å²) in [6.45, 7) is 1.13. The minimum atomic E-state index is -3.39. The molecular formula is C21H23F2N3O3S. The van der Waals surface area contributed by atoms with Crippen LogP contribution in [0.2, 0.25) is 0 Å². The van der Waals surface area contributed by atoms with Gasteiger partial charge in [-0.15, -0.1) is 0 Å². The number of benzene rings is 1. The average molecular weight is 435 g/mol. The van der Waals surface area contributed by atoms with Crippen molar-refractivity contribution in [2.75, 3.05) is 11.0 Å². The third-order valence-corrected chi connectivity index (χ3v) is 5.57. The molecule has 9 heteroatoms. The van der Waals surface area contributed by atoms with Gasteiger partial charge >= 0.3 is 6.61 Å². The molecule has 0 radical (unpaired) electrons. The molecule has 3 rings (SSSR count). The van der Waals surface area contributed by atoms with E-state index in [1.165, 1.54) is 6.08 Å². The van der Waals surface area contributed by atoms with Gasteiger partial charge in [-0.1, -0.05) is 18.2 Å². The van der Waals surface area contributed by atoms with Crippen molar-refractivity contribution in [2.24, 2.45) is 0 Å². The Labute approximate surface area is 175 Å². The predicted molar refractivity (Wildman–Crippen MR) is 111 cm³/mol. The van der Waals surface area contributed by atoms with Gasteiger partial charge in [-0.2, -0.15) is 14.0 Å². The number of halogens is 2. The number of fused-ring (bicyclic) bond motifs is 1. The Morgan fingerprint density at radius 3 is 2.43 bits per heavy atom. The van der Waals surface area contributed by atoms with Gasteiger partial charge in [0, 0.05) is 18.2 Å². The molecule has 6 nitrogen and oxygen atoms in total. The van der Waals surface area contributed by atoms with Crippen molar-refractivity contribution in [3.63, 3.8) is 0 Å². The molecule has 1 atom stereocenters. The summed E-state index contributed by atoms with van der Waals surface area (Å²) in [6.07, 6.45) is 5.15. The van der Waals surface area contributed by atoms with Crippen molar-refractivity contribution < 1.29 is 21.9 Å². The molecule has 30 heavy (non-hydrogen) atoms. The molecule has 1 heterocycles. The second kappa shape index (κ2) is 8.48. The summed E-state index contributed by atoms with van der Waals surface area (Å²) in [5.74, 6) is 0.200. The average Bonchev–Trinajstić information content (AvgIpc) is 2.83. The highest BCUT2D eigenvalue weighted by Gasteiger charge is 2.39. The Kier molecular flexibility index (Phi) is 6.17. The standard InChI is InChI=1S/C21H23F2N3O3S/c1-13(2)26-19-11-9-16(29-21(22)23)8-10-17(19)18(12-24)20(26)14-4-6-15(7-5-14)25-30(3,27)28/h4-8,10,13,19,21,25H,9,11H2,1-3H3. The van der Waals surface area contributed by atoms with Crippen molar-refractivity contribution >= 4 is 21.4 Å². The van der Waals surface area contributed by atoms with Crippen molar-refractivity contribution in [3.05, 3.63) is 58.9 Å². The molecule has 0 bridgehead atoms. The Balaban J connectivity index is 2.04. The van der Waals surface area contributed by atoms with Gasteiger partial charge in [0.25, 0.3) is 0 Å². The van der Waals surface area contributed by atoms with E-state index < -0.39 is 16.6 Å². The maximum absolute atomic E-state index is 12.6. The van der Waals surface area contributed by atoms with Crippen LogP contribution in [0.5, 0.6) is 0 Å². The Hall–Kier alpha value is -2.86. The van der Waals surface area contributed by atoms with Gasteiger partial charge in [-0.3, -0.25) is 4.72 Å². The number of nitrogens with zero attached hydrogens (tertiary/aromatic N) is 2. The topological polar surface area (TPSA) is 82.4 Å². The zero-order valence-corrected chi connectivity index (χ0v) is 17.7. The molecule has 1 aliphatic carbocycles. The lowest BCUT2D eigenvalue weighted by atomic mass is 9.99. The minimum absolute atomic E-state index is 0.0469. The largest absolute Gasteiger partial charge is 0.439 e. The molecule has 0 spiro atoms. The summed E-state index contributed by atoms with van der Waals surface area (Å²) in [7, 11) is -3.39. The second-order valence-corrected chi connectivity index (χ2v) is 9.22. The Morgan fingerprint density at radius 1 is 1.23 bits per heavy atom. The molecule has 1 aliphatic heterocycles. The van der Waals surface area contributed by atoms with Gasteiger partial charge in [-0.05, 0) is 49.6 Å². The first-order chi connectivity index (χ1) is 14.1. The first-order valence-corrected chi connectivity index (χ1v) is 11.4. The van der Waals surface area contributed by atoms with Crippen LogP contribution >= 0.6 is 0 Å². The minimum Gasteiger partial charge on any atom is -0.439 e. The number of alkyl halides is 2. The fraction of sp³-hybridized carbons (Fsp3) is 0.381. The first kappa shape index (κ1) is 21.8. The SMILES string of the molecule is CC(C)N1C(c2ccc(NS(C)(=O)=O)cc2)=C(C#N)C2=CC=C(OC(F)F)CCC21. The number of anilines is 1. The van der Waals surface area contributed by atoms with Crippen molar-refractivity contribution in [1.29, 1.82) is 5.26 Å². The molecule has 0 amide bonds. The highest BCUT2D eigenvalue weighted by atomic mass is 32.2. The maximum Gasteiger partial charge on any atom is 0.387 e. The van der Waals surface area contributed by atoms with Crippen LogP contribution in [0.25, 0.3) is 5.70 Å². The van der Waals surface area contributed by atoms with Crippen molar-refractivity contribution in [1.82, 2.24) is 4.90 Å². The van der Waals surface area contributed by atoms with Crippen LogP contribution in [-0.2, 0) is 14.8 Å². The fourth-order valence-corrected chi connectivity index (χ4v) is 4.49. The number of sulfonamides is 1. The third kappa shape index (κ3) is 4.65. The van der Waals surface area contributed by atoms with E-state index in [-0.39, 0.29) is 17.8 Å². The number of hydrogen-bond donors (Lipinski definition) is 1. The number of hydrogen-bond acceptors (Lipinski definition) is 5. The van der Waals surface area contributed by atoms with Crippen LogP contribution in [0.1, 0.15) is 32.3 Å². The summed E-state index contributed by atoms with van der Waals surface area (Å²) in [4.78, 5) is 2.11. The molecule has 1 N–H and O–H groups in total. The van der Waals surface area contributed by atoms with E-state index in [1.54, 1.807) is 30.3 Å². The highest BCUT2D eigenvalue weighted by molar-refractivity contribution is 7.92. The van der Waals surface area contributed by atoms with Crippen LogP contribution in [0.4, 0.5) is 14.5 Å². The summed E-state index contributed by atoms with van der Waals surface area (Å²) in [6, 6.07) is 9.01. The van der Waals surface area contributed by atoms with Gasteiger partial charge in [0.15, 0.2) is 0 Å². The normalized spacial score (nSPS) is 19.3. The highest BCUT2D eigenvalue weighted by Crippen LogP contribution is 2.44. The van der Waals surface area contributed by atoms with E-state index >= 15 is 0 Å². The van der Waals surface area contributed by atoms with E-state index in [0.29, 0.717) is 24.1 Å². The lowest BCUT2D eigenvalue weighted by Crippen LogP contribution is -2.36. The number of nitriles is 1. The van der Waals surface area contributed by atoms with Crippen LogP contribution in [0.3, 0.4) is 0 Å². The maximum atomic E-state index is 12.6. The number of ether oxygens (including phenoxy) is 1. The monoisotopic (exact) mass is 435 g/mol. The molecule has 160 valence electrons. The fourth-order valence-electron chi connectivity index (χ4n) is 3.92. The van der Waals surface area contributed by atoms with Crippen molar-refractivity contribution in [3.8, 4) is 6.07 Å². The summed E-state index contributed by atoms with van der Waals surface area (Å²) in [5, 5.41) is 9.91. The Bertz CT molecular complexity index is 1050. The molecule has 0 aromatic heterocycles. The smallest absolute Gasteiger partial charge is 0.387 e. The van der Waals surface area contributed by atoms with Crippen LogP contribution in [-0.4, -0.2) is 38.3 Å². The van der Waals surface area contributed by atoms with E-state index in [4.69, 9.17) is 0 Å². The zero-order chi connectivity index (χ0) is 22.1. The van der Waals surface area contributed by atoms with Crippen molar-refractivity contribution in [2.45, 2.75) is 45.4 Å². The lowest BCUT2D eigenvalue weighted by Gasteiger charge is -2.34. The molecule has 1 aromatic rings. The van der Waals surface area contributed by atoms with Gasteiger partial charge < -0.3 is 9.64 Å². The predicted octanol–water partition coefficient (Wildman–Crippen LogP) is 4.23. The van der Waals surface area contributed by atoms with Gasteiger partial charge in [0.2, 0.25) is 10.0 Å². The van der Waals surface area contributed by atoms with Gasteiger partial charge in [-0.25, -0.2) is 8.42 Å². The third-order valence-electron chi connectivity index (χ3n) is 4.96. The lowest BCUT2D eigenvalue weighted by molar-refractivity contribution is -0.0987. The number of allylic oxidation sites excluding steroid dienone is 3. The summed E-state index contributed by atoms with van der Waals surface area (Å²) < 4.78 is 55.1. The second-order valence-electron chi connectivity index (χ2n) is 7.48. The van der Waals surface area contributed by atoms with Gasteiger partial charge in [0.1, 0.15) is 11.8 Å². The van der Waals surface area contributed by atoms with E-state index in [2.05, 4.69) is 20.4 Å². The first-order valence-electron chi connectivity index (χ1n) is 9.47. The summed E-state index contributed by atoms with van der Waals surface area (Å²) in [5.41, 5.74) is 3.21. The number of nitrogens with one attached hydrogen (secondary N) is 1. The Morgan fingerprint density at radius 2 is 1.90 bits per heavy atom. The van der Waals surface area contributed by atoms with Gasteiger partial charge in [0.05, 0.1) is 23.6 Å².